The Hall–Kier alpha value is -0.430. The summed E-state index contributed by atoms with van der Waals surface area (Å²) in [6, 6.07) is 4.65. The van der Waals surface area contributed by atoms with Gasteiger partial charge >= 0.3 is 29.6 Å². The second-order valence-electron chi connectivity index (χ2n) is 1.99. The second kappa shape index (κ2) is 5.33. The van der Waals surface area contributed by atoms with E-state index in [2.05, 4.69) is 0 Å². The van der Waals surface area contributed by atoms with Crippen molar-refractivity contribution in [3.8, 4) is 0 Å². The predicted molar refractivity (Wildman–Crippen MR) is 40.1 cm³/mol. The smallest absolute Gasteiger partial charge is 0.420 e. The van der Waals surface area contributed by atoms with Gasteiger partial charge in [0.05, 0.1) is 4.92 Å². The summed E-state index contributed by atoms with van der Waals surface area (Å²) in [6.45, 7) is 0. The molecule has 1 aromatic rings. The number of nitrogens with zero attached hydrogens (tertiary/aromatic N) is 1. The molecule has 0 saturated heterocycles. The summed E-state index contributed by atoms with van der Waals surface area (Å²) in [5.41, 5.74) is -0.121. The average molecular weight is 209 g/mol. The Morgan fingerprint density at radius 1 is 1.15 bits per heavy atom. The van der Waals surface area contributed by atoms with E-state index in [0.717, 1.165) is 12.1 Å². The molecule has 64 valence electrons. The van der Waals surface area contributed by atoms with Crippen LogP contribution in [0.2, 0.25) is 0 Å². The van der Waals surface area contributed by atoms with E-state index in [4.69, 9.17) is 0 Å². The predicted octanol–water partition coefficient (Wildman–Crippen LogP) is -1.73. The molecule has 1 rings (SSSR count). The van der Waals surface area contributed by atoms with Gasteiger partial charge < -0.3 is 8.42 Å². The van der Waals surface area contributed by atoms with Crippen molar-refractivity contribution in [1.82, 2.24) is 0 Å². The Labute approximate surface area is 98.2 Å². The summed E-state index contributed by atoms with van der Waals surface area (Å²) in [4.78, 5) is 9.59. The molecule has 5 nitrogen and oxygen atoms in total. The third-order valence-electron chi connectivity index (χ3n) is 1.24. The van der Waals surface area contributed by atoms with Crippen molar-refractivity contribution < 1.29 is 42.9 Å². The van der Waals surface area contributed by atoms with E-state index in [1.165, 1.54) is 12.1 Å². The summed E-state index contributed by atoms with van der Waals surface area (Å²) >= 11 is 0. The van der Waals surface area contributed by atoms with Gasteiger partial charge in [0.15, 0.2) is 0 Å². The standard InChI is InChI=1S/C6H4NO4S.Na/c8-7(9)5-1-3-6(4-2-5)12(10)11;/h1-4H;/q-1;+1. The molecule has 0 aromatic heterocycles. The molecule has 7 heteroatoms. The van der Waals surface area contributed by atoms with Gasteiger partial charge in [0.25, 0.3) is 5.69 Å². The largest absolute Gasteiger partial charge is 1.00 e. The maximum atomic E-state index is 10.3. The first-order valence-electron chi connectivity index (χ1n) is 2.95. The van der Waals surface area contributed by atoms with Gasteiger partial charge in [-0.2, -0.15) is 0 Å². The van der Waals surface area contributed by atoms with E-state index in [1.54, 1.807) is 0 Å². The summed E-state index contributed by atoms with van der Waals surface area (Å²) in [6.07, 6.45) is 0. The molecule has 0 spiro atoms. The Kier molecular flexibility index (Phi) is 5.16. The van der Waals surface area contributed by atoms with Crippen molar-refractivity contribution in [2.45, 2.75) is 4.90 Å². The van der Waals surface area contributed by atoms with Crippen LogP contribution in [0.15, 0.2) is 29.2 Å². The van der Waals surface area contributed by atoms with Crippen molar-refractivity contribution in [3.05, 3.63) is 34.4 Å². The first kappa shape index (κ1) is 12.6. The molecular weight excluding hydrogens is 205 g/mol. The number of benzene rings is 1. The molecule has 1 aromatic carbocycles. The second-order valence-corrected chi connectivity index (χ2v) is 2.93. The number of nitro benzene ring substituents is 1. The fourth-order valence-corrected chi connectivity index (χ4v) is 1.04. The van der Waals surface area contributed by atoms with E-state index in [-0.39, 0.29) is 40.1 Å². The Bertz CT molecular complexity index is 365. The van der Waals surface area contributed by atoms with Gasteiger partial charge in [-0.25, -0.2) is 0 Å². The zero-order chi connectivity index (χ0) is 9.14. The quantitative estimate of drug-likeness (QED) is 0.251. The molecule has 0 unspecified atom stereocenters. The summed E-state index contributed by atoms with van der Waals surface area (Å²) in [5, 5.41) is 10.1. The average Bonchev–Trinajstić information content (AvgIpc) is 2.04. The number of rotatable bonds is 2. The number of hydrogen-bond acceptors (Lipinski definition) is 5. The van der Waals surface area contributed by atoms with Gasteiger partial charge in [-0.05, 0) is 10.7 Å². The van der Waals surface area contributed by atoms with E-state index >= 15 is 0 Å². The summed E-state index contributed by atoms with van der Waals surface area (Å²) in [5.74, 6) is 0. The van der Waals surface area contributed by atoms with Crippen LogP contribution in [0.1, 0.15) is 0 Å². The molecule has 13 heavy (non-hydrogen) atoms. The van der Waals surface area contributed by atoms with Crippen LogP contribution in [0.3, 0.4) is 0 Å². The van der Waals surface area contributed by atoms with Gasteiger partial charge in [0.2, 0.25) is 0 Å². The number of non-ortho nitro benzene ring substituents is 1. The van der Waals surface area contributed by atoms with E-state index in [9.17, 15) is 18.5 Å². The molecule has 0 heterocycles. The van der Waals surface area contributed by atoms with Crippen molar-refractivity contribution in [1.29, 1.82) is 0 Å². The minimum absolute atomic E-state index is 0. The number of nitro groups is 1. The third kappa shape index (κ3) is 3.43. The van der Waals surface area contributed by atoms with Gasteiger partial charge in [-0.15, -0.1) is 0 Å². The Balaban J connectivity index is 0.00000144. The van der Waals surface area contributed by atoms with Gasteiger partial charge in [0, 0.05) is 12.1 Å². The van der Waals surface area contributed by atoms with Crippen LogP contribution in [0.5, 0.6) is 0 Å². The van der Waals surface area contributed by atoms with Crippen molar-refractivity contribution in [2.24, 2.45) is 0 Å². The van der Waals surface area contributed by atoms with E-state index in [1.807, 2.05) is 0 Å². The molecule has 0 aliphatic rings. The van der Waals surface area contributed by atoms with Crippen LogP contribution >= 0.6 is 0 Å². The van der Waals surface area contributed by atoms with Crippen LogP contribution < -0.4 is 29.6 Å². The summed E-state index contributed by atoms with van der Waals surface area (Å²) in [7, 11) is -2.32. The minimum Gasteiger partial charge on any atom is -0.420 e. The monoisotopic (exact) mass is 209 g/mol. The Morgan fingerprint density at radius 3 is 1.92 bits per heavy atom. The van der Waals surface area contributed by atoms with Crippen molar-refractivity contribution >= 4 is 16.4 Å². The maximum absolute atomic E-state index is 10.3. The number of hydrogen-bond donors (Lipinski definition) is 0. The SMILES string of the molecule is O=[N+]([O-])c1ccc([S-](=O)=O)cc1.[Na+]. The molecular formula is C6H4NNaO4S. The van der Waals surface area contributed by atoms with Crippen LogP contribution in [0.4, 0.5) is 5.69 Å². The van der Waals surface area contributed by atoms with Crippen LogP contribution in [0.25, 0.3) is 0 Å². The molecule has 0 amide bonds. The van der Waals surface area contributed by atoms with Gasteiger partial charge in [-0.1, -0.05) is 17.0 Å². The van der Waals surface area contributed by atoms with Crippen molar-refractivity contribution in [3.63, 3.8) is 0 Å². The zero-order valence-electron chi connectivity index (χ0n) is 6.80. The van der Waals surface area contributed by atoms with Crippen LogP contribution in [-0.4, -0.2) is 4.92 Å². The fourth-order valence-electron chi connectivity index (χ4n) is 0.679. The molecule has 0 fully saturated rings. The molecule has 0 aliphatic heterocycles. The van der Waals surface area contributed by atoms with Gasteiger partial charge in [0.1, 0.15) is 0 Å². The first-order chi connectivity index (χ1) is 5.61. The van der Waals surface area contributed by atoms with E-state index < -0.39 is 15.6 Å². The molecule has 0 bridgehead atoms. The van der Waals surface area contributed by atoms with Gasteiger partial charge in [-0.3, -0.25) is 10.1 Å². The van der Waals surface area contributed by atoms with Crippen molar-refractivity contribution in [2.75, 3.05) is 0 Å². The molecule has 0 N–H and O–H groups in total. The minimum atomic E-state index is -2.32. The first-order valence-corrected chi connectivity index (χ1v) is 4.02. The fraction of sp³-hybridized carbons (Fsp3) is 0. The molecule has 0 atom stereocenters. The van der Waals surface area contributed by atoms with Crippen LogP contribution in [0, 0.1) is 10.1 Å². The van der Waals surface area contributed by atoms with E-state index in [0.29, 0.717) is 0 Å². The van der Waals surface area contributed by atoms with Crippen LogP contribution in [-0.2, 0) is 19.1 Å². The maximum Gasteiger partial charge on any atom is 1.00 e. The topological polar surface area (TPSA) is 77.3 Å². The third-order valence-corrected chi connectivity index (χ3v) is 1.90. The molecule has 0 aliphatic carbocycles. The Morgan fingerprint density at radius 2 is 1.62 bits per heavy atom. The molecule has 0 saturated carbocycles. The zero-order valence-corrected chi connectivity index (χ0v) is 9.61. The normalized spacial score (nSPS) is 9.31. The molecule has 0 radical (unpaired) electrons. The summed E-state index contributed by atoms with van der Waals surface area (Å²) < 4.78 is 20.6.